The molecule has 0 spiro atoms. The van der Waals surface area contributed by atoms with Gasteiger partial charge in [0.15, 0.2) is 11.5 Å². The van der Waals surface area contributed by atoms with Gasteiger partial charge in [0.25, 0.3) is 0 Å². The van der Waals surface area contributed by atoms with Crippen LogP contribution in [0.1, 0.15) is 11.7 Å². The number of aliphatic hydroxyl groups excluding tert-OH is 1. The van der Waals surface area contributed by atoms with Crippen molar-refractivity contribution in [3.8, 4) is 11.5 Å². The van der Waals surface area contributed by atoms with Gasteiger partial charge in [0.1, 0.15) is 11.9 Å². The summed E-state index contributed by atoms with van der Waals surface area (Å²) in [6.45, 7) is 0. The van der Waals surface area contributed by atoms with Gasteiger partial charge in [-0.15, -0.1) is 0 Å². The van der Waals surface area contributed by atoms with Crippen LogP contribution in [0.2, 0.25) is 0 Å². The molecule has 0 aliphatic rings. The summed E-state index contributed by atoms with van der Waals surface area (Å²) >= 11 is 0. The molecule has 5 heteroatoms. The van der Waals surface area contributed by atoms with Crippen LogP contribution < -0.4 is 24.0 Å². The summed E-state index contributed by atoms with van der Waals surface area (Å²) < 4.78 is 0. The average molecular weight is 342 g/mol. The first-order valence-corrected chi connectivity index (χ1v) is 6.46. The molecule has 0 aliphatic carbocycles. The summed E-state index contributed by atoms with van der Waals surface area (Å²) in [5, 5.41) is 28.0. The Morgan fingerprint density at radius 1 is 1.20 bits per heavy atom. The van der Waals surface area contributed by atoms with Gasteiger partial charge in [0.05, 0.1) is 12.5 Å². The number of rotatable bonds is 3. The van der Waals surface area contributed by atoms with Gasteiger partial charge >= 0.3 is 0 Å². The Kier molecular flexibility index (Phi) is 6.38. The van der Waals surface area contributed by atoms with Gasteiger partial charge in [-0.1, -0.05) is 6.07 Å². The lowest BCUT2D eigenvalue weighted by atomic mass is 10.1. The van der Waals surface area contributed by atoms with Gasteiger partial charge in [-0.3, -0.25) is 0 Å². The van der Waals surface area contributed by atoms with Crippen molar-refractivity contribution in [2.75, 3.05) is 18.3 Å². The van der Waals surface area contributed by atoms with Gasteiger partial charge in [-0.05, 0) is 28.6 Å². The minimum absolute atomic E-state index is 0. The lowest BCUT2D eigenvalue weighted by Gasteiger charge is -2.09. The van der Waals surface area contributed by atoms with Crippen molar-refractivity contribution < 1.29 is 39.3 Å². The number of hydrogen-bond donors (Lipinski definition) is 3. The zero-order chi connectivity index (χ0) is 10.7. The molecule has 0 heterocycles. The zero-order valence-electron chi connectivity index (χ0n) is 8.64. The average Bonchev–Trinajstić information content (AvgIpc) is 2.08. The van der Waals surface area contributed by atoms with Crippen molar-refractivity contribution in [2.45, 2.75) is 6.10 Å². The Balaban J connectivity index is 0.00000196. The van der Waals surface area contributed by atoms with Crippen molar-refractivity contribution >= 4 is 10.9 Å². The van der Waals surface area contributed by atoms with Gasteiger partial charge in [0.2, 0.25) is 0 Å². The fraction of sp³-hybridized carbons (Fsp3) is 0.400. The maximum atomic E-state index is 9.72. The lowest BCUT2D eigenvalue weighted by molar-refractivity contribution is -0.00000655. The Hall–Kier alpha value is -0.140. The monoisotopic (exact) mass is 342 g/mol. The summed E-state index contributed by atoms with van der Waals surface area (Å²) in [4.78, 5) is 0. The highest BCUT2D eigenvalue weighted by Gasteiger charge is 2.16. The largest absolute Gasteiger partial charge is 1.00 e. The van der Waals surface area contributed by atoms with Gasteiger partial charge < -0.3 is 39.3 Å². The second-order valence-electron chi connectivity index (χ2n) is 3.42. The second kappa shape index (κ2) is 6.44. The maximum Gasteiger partial charge on any atom is 0.157 e. The van der Waals surface area contributed by atoms with E-state index in [2.05, 4.69) is 0 Å². The van der Waals surface area contributed by atoms with Crippen LogP contribution in [0.15, 0.2) is 18.2 Å². The van der Waals surface area contributed by atoms with E-state index in [-0.39, 0.29) is 46.4 Å². The predicted octanol–water partition coefficient (Wildman–Crippen LogP) is -1.99. The van der Waals surface area contributed by atoms with Crippen molar-refractivity contribution in [3.63, 3.8) is 0 Å². The number of benzene rings is 1. The highest BCUT2D eigenvalue weighted by atomic mass is 127. The van der Waals surface area contributed by atoms with E-state index in [0.29, 0.717) is 11.3 Å². The predicted molar refractivity (Wildman–Crippen MR) is 58.8 cm³/mol. The van der Waals surface area contributed by atoms with Crippen molar-refractivity contribution in [2.24, 2.45) is 0 Å². The molecule has 0 saturated carbocycles. The molecular weight excluding hydrogens is 327 g/mol. The number of hydrogen-bond acceptors (Lipinski definition) is 3. The molecule has 86 valence electrons. The normalized spacial score (nSPS) is 12.3. The van der Waals surface area contributed by atoms with Gasteiger partial charge in [0, 0.05) is 0 Å². The molecule has 0 bridgehead atoms. The minimum atomic E-state index is -0.570. The van der Waals surface area contributed by atoms with Crippen LogP contribution in [0.3, 0.4) is 0 Å². The molecule has 3 nitrogen and oxygen atoms in total. The van der Waals surface area contributed by atoms with Crippen LogP contribution in [0, 0.1) is 0 Å². The third-order valence-corrected chi connectivity index (χ3v) is 2.86. The summed E-state index contributed by atoms with van der Waals surface area (Å²) in [7, 11) is 0.148. The molecule has 1 atom stereocenters. The van der Waals surface area contributed by atoms with Gasteiger partial charge in [-0.2, -0.15) is 0 Å². The molecule has 0 aromatic heterocycles. The molecule has 0 aliphatic heterocycles. The molecule has 0 saturated heterocycles. The Morgan fingerprint density at radius 2 is 1.80 bits per heavy atom. The number of aromatic hydroxyl groups is 2. The second-order valence-corrected chi connectivity index (χ2v) is 5.72. The molecule has 15 heavy (non-hydrogen) atoms. The van der Waals surface area contributed by atoms with Crippen molar-refractivity contribution in [1.82, 2.24) is 0 Å². The highest BCUT2D eigenvalue weighted by molar-refractivity contribution is 7.95. The lowest BCUT2D eigenvalue weighted by Crippen LogP contribution is -3.00. The van der Waals surface area contributed by atoms with E-state index in [9.17, 15) is 10.2 Å². The van der Waals surface area contributed by atoms with Crippen LogP contribution in [0.5, 0.6) is 11.5 Å². The van der Waals surface area contributed by atoms with E-state index >= 15 is 0 Å². The van der Waals surface area contributed by atoms with Crippen LogP contribution in [0.25, 0.3) is 0 Å². The smallest absolute Gasteiger partial charge is 0.157 e. The van der Waals surface area contributed by atoms with E-state index in [1.54, 1.807) is 6.07 Å². The molecular formula is C10H15IO3S. The first kappa shape index (κ1) is 14.9. The number of aliphatic hydroxyl groups is 1. The Morgan fingerprint density at radius 3 is 2.27 bits per heavy atom. The van der Waals surface area contributed by atoms with E-state index in [4.69, 9.17) is 5.11 Å². The van der Waals surface area contributed by atoms with E-state index in [0.717, 1.165) is 0 Å². The quantitative estimate of drug-likeness (QED) is 0.339. The first-order valence-electron chi connectivity index (χ1n) is 4.25. The molecule has 3 N–H and O–H groups in total. The third kappa shape index (κ3) is 4.48. The third-order valence-electron chi connectivity index (χ3n) is 1.88. The van der Waals surface area contributed by atoms with Crippen LogP contribution >= 0.6 is 0 Å². The van der Waals surface area contributed by atoms with E-state index in [1.165, 1.54) is 12.1 Å². The fourth-order valence-electron chi connectivity index (χ4n) is 1.16. The molecule has 1 aromatic carbocycles. The van der Waals surface area contributed by atoms with Crippen LogP contribution in [-0.4, -0.2) is 33.6 Å². The summed E-state index contributed by atoms with van der Waals surface area (Å²) in [5.74, 6) is 0.325. The van der Waals surface area contributed by atoms with E-state index in [1.807, 2.05) is 12.5 Å². The SMILES string of the molecule is C[S+](C)CC(O)c1ccc(O)c(O)c1.[I-]. The topological polar surface area (TPSA) is 60.7 Å². The molecule has 0 amide bonds. The molecule has 1 aromatic rings. The summed E-state index contributed by atoms with van der Waals surface area (Å²) in [5.41, 5.74) is 0.640. The number of phenols is 2. The summed E-state index contributed by atoms with van der Waals surface area (Å²) in [6.07, 6.45) is 3.52. The van der Waals surface area contributed by atoms with Gasteiger partial charge in [-0.25, -0.2) is 0 Å². The van der Waals surface area contributed by atoms with Crippen molar-refractivity contribution in [1.29, 1.82) is 0 Å². The van der Waals surface area contributed by atoms with Crippen LogP contribution in [-0.2, 0) is 10.9 Å². The number of halogens is 1. The molecule has 1 rings (SSSR count). The standard InChI is InChI=1S/C10H14O3S.HI/c1-14(2)6-10(13)7-3-4-8(11)9(12)5-7;/h3-5,10,13H,6H2,1-2H3,(H-,11,12);1H. The minimum Gasteiger partial charge on any atom is -1.00 e. The summed E-state index contributed by atoms with van der Waals surface area (Å²) in [6, 6.07) is 4.40. The van der Waals surface area contributed by atoms with Crippen LogP contribution in [0.4, 0.5) is 0 Å². The van der Waals surface area contributed by atoms with E-state index < -0.39 is 6.10 Å². The number of phenolic OH excluding ortho intramolecular Hbond substituents is 2. The zero-order valence-corrected chi connectivity index (χ0v) is 11.6. The fourth-order valence-corrected chi connectivity index (χ4v) is 1.98. The van der Waals surface area contributed by atoms with Crippen molar-refractivity contribution in [3.05, 3.63) is 23.8 Å². The highest BCUT2D eigenvalue weighted by Crippen LogP contribution is 2.28. The molecule has 0 fully saturated rings. The Labute approximate surface area is 110 Å². The first-order chi connectivity index (χ1) is 6.50. The molecule has 1 unspecified atom stereocenters. The maximum absolute atomic E-state index is 9.72. The Bertz CT molecular complexity index is 318. The molecule has 0 radical (unpaired) electrons.